The van der Waals surface area contributed by atoms with Gasteiger partial charge in [0.1, 0.15) is 0 Å². The number of carbonyl (C=O) groups excluding carboxylic acids is 1. The van der Waals surface area contributed by atoms with E-state index in [0.29, 0.717) is 26.2 Å². The lowest BCUT2D eigenvalue weighted by atomic mass is 10.0. The van der Waals surface area contributed by atoms with Crippen molar-refractivity contribution in [3.8, 4) is 11.1 Å². The first-order chi connectivity index (χ1) is 8.49. The summed E-state index contributed by atoms with van der Waals surface area (Å²) in [6.45, 7) is 1.52. The Labute approximate surface area is 120 Å². The Morgan fingerprint density at radius 2 is 1.61 bits per heavy atom. The van der Waals surface area contributed by atoms with E-state index in [1.54, 1.807) is 30.3 Å². The Balaban J connectivity index is 2.62. The third-order valence-corrected chi connectivity index (χ3v) is 3.38. The second-order valence-corrected chi connectivity index (χ2v) is 5.13. The number of carbonyl (C=O) groups is 1. The van der Waals surface area contributed by atoms with E-state index in [9.17, 15) is 4.79 Å². The van der Waals surface area contributed by atoms with E-state index >= 15 is 0 Å². The molecule has 0 aromatic heterocycles. The van der Waals surface area contributed by atoms with Gasteiger partial charge in [0, 0.05) is 16.1 Å². The Morgan fingerprint density at radius 3 is 2.17 bits per heavy atom. The van der Waals surface area contributed by atoms with E-state index in [0.717, 1.165) is 5.56 Å². The van der Waals surface area contributed by atoms with E-state index in [1.807, 2.05) is 6.07 Å². The fourth-order valence-electron chi connectivity index (χ4n) is 1.71. The molecule has 2 rings (SSSR count). The van der Waals surface area contributed by atoms with Gasteiger partial charge < -0.3 is 0 Å². The fourth-order valence-corrected chi connectivity index (χ4v) is 2.75. The second kappa shape index (κ2) is 5.31. The number of halogens is 3. The molecule has 0 spiro atoms. The highest BCUT2D eigenvalue weighted by molar-refractivity contribution is 6.41. The molecule has 0 radical (unpaired) electrons. The van der Waals surface area contributed by atoms with Crippen LogP contribution in [-0.4, -0.2) is 5.78 Å². The minimum absolute atomic E-state index is 0.00180. The molecular weight excluding hydrogens is 291 g/mol. The van der Waals surface area contributed by atoms with E-state index in [-0.39, 0.29) is 5.78 Å². The lowest BCUT2D eigenvalue weighted by molar-refractivity contribution is 0.101. The van der Waals surface area contributed by atoms with Crippen LogP contribution in [0.5, 0.6) is 0 Å². The summed E-state index contributed by atoms with van der Waals surface area (Å²) in [4.78, 5) is 11.4. The molecule has 1 nitrogen and oxygen atoms in total. The van der Waals surface area contributed by atoms with Crippen molar-refractivity contribution in [3.63, 3.8) is 0 Å². The molecule has 0 saturated carbocycles. The van der Waals surface area contributed by atoms with Crippen LogP contribution in [0.1, 0.15) is 17.3 Å². The number of benzene rings is 2. The second-order valence-electron chi connectivity index (χ2n) is 3.88. The topological polar surface area (TPSA) is 17.1 Å². The highest BCUT2D eigenvalue weighted by atomic mass is 35.5. The van der Waals surface area contributed by atoms with Gasteiger partial charge in [0.05, 0.1) is 10.0 Å². The van der Waals surface area contributed by atoms with Crippen molar-refractivity contribution in [2.24, 2.45) is 0 Å². The molecule has 0 aliphatic heterocycles. The van der Waals surface area contributed by atoms with E-state index in [2.05, 4.69) is 0 Å². The molecule has 0 fully saturated rings. The molecule has 2 aromatic carbocycles. The van der Waals surface area contributed by atoms with Crippen LogP contribution >= 0.6 is 34.8 Å². The van der Waals surface area contributed by atoms with Gasteiger partial charge in [0.25, 0.3) is 0 Å². The summed E-state index contributed by atoms with van der Waals surface area (Å²) in [5.41, 5.74) is 2.11. The maximum atomic E-state index is 11.4. The lowest BCUT2D eigenvalue weighted by Gasteiger charge is -2.09. The van der Waals surface area contributed by atoms with Crippen LogP contribution in [0.4, 0.5) is 0 Å². The maximum Gasteiger partial charge on any atom is 0.159 e. The number of hydrogen-bond acceptors (Lipinski definition) is 1. The molecule has 0 aliphatic rings. The highest BCUT2D eigenvalue weighted by Crippen LogP contribution is 2.37. The predicted molar refractivity (Wildman–Crippen MR) is 76.9 cm³/mol. The molecule has 0 unspecified atom stereocenters. The first-order valence-corrected chi connectivity index (χ1v) is 6.38. The zero-order valence-corrected chi connectivity index (χ0v) is 11.8. The molecule has 0 aliphatic carbocycles. The molecule has 0 atom stereocenters. The average molecular weight is 300 g/mol. The summed E-state index contributed by atoms with van der Waals surface area (Å²) in [7, 11) is 0. The molecule has 0 bridgehead atoms. The van der Waals surface area contributed by atoms with Crippen LogP contribution in [0.2, 0.25) is 15.1 Å². The van der Waals surface area contributed by atoms with E-state index in [4.69, 9.17) is 34.8 Å². The van der Waals surface area contributed by atoms with Crippen LogP contribution in [0.15, 0.2) is 36.4 Å². The van der Waals surface area contributed by atoms with Gasteiger partial charge in [-0.3, -0.25) is 4.79 Å². The van der Waals surface area contributed by atoms with Crippen molar-refractivity contribution in [1.29, 1.82) is 0 Å². The van der Waals surface area contributed by atoms with Gasteiger partial charge >= 0.3 is 0 Å². The summed E-state index contributed by atoms with van der Waals surface area (Å²) >= 11 is 18.2. The third kappa shape index (κ3) is 2.69. The van der Waals surface area contributed by atoms with Gasteiger partial charge in [-0.15, -0.1) is 0 Å². The molecule has 0 heterocycles. The first-order valence-electron chi connectivity index (χ1n) is 5.25. The monoisotopic (exact) mass is 298 g/mol. The molecule has 92 valence electrons. The molecule has 0 amide bonds. The van der Waals surface area contributed by atoms with Crippen molar-refractivity contribution in [2.75, 3.05) is 0 Å². The van der Waals surface area contributed by atoms with E-state index < -0.39 is 0 Å². The van der Waals surface area contributed by atoms with Crippen LogP contribution in [0.25, 0.3) is 11.1 Å². The van der Waals surface area contributed by atoms with Crippen molar-refractivity contribution in [1.82, 2.24) is 0 Å². The molecule has 2 aromatic rings. The smallest absolute Gasteiger partial charge is 0.159 e. The van der Waals surface area contributed by atoms with Crippen LogP contribution in [-0.2, 0) is 0 Å². The Bertz CT molecular complexity index is 597. The summed E-state index contributed by atoms with van der Waals surface area (Å²) in [6, 6.07) is 10.4. The summed E-state index contributed by atoms with van der Waals surface area (Å²) in [6.07, 6.45) is 0. The van der Waals surface area contributed by atoms with Crippen molar-refractivity contribution >= 4 is 40.6 Å². The summed E-state index contributed by atoms with van der Waals surface area (Å²) < 4.78 is 0. The fraction of sp³-hybridized carbons (Fsp3) is 0.0714. The largest absolute Gasteiger partial charge is 0.295 e. The molecule has 0 N–H and O–H groups in total. The first kappa shape index (κ1) is 13.4. The van der Waals surface area contributed by atoms with Gasteiger partial charge in [-0.2, -0.15) is 0 Å². The Kier molecular flexibility index (Phi) is 3.96. The van der Waals surface area contributed by atoms with Gasteiger partial charge in [-0.25, -0.2) is 0 Å². The molecular formula is C14H9Cl3O. The normalized spacial score (nSPS) is 10.4. The van der Waals surface area contributed by atoms with Crippen LogP contribution in [0.3, 0.4) is 0 Å². The van der Waals surface area contributed by atoms with Crippen molar-refractivity contribution in [3.05, 3.63) is 57.0 Å². The van der Waals surface area contributed by atoms with Gasteiger partial charge in [-0.1, -0.05) is 53.0 Å². The zero-order valence-electron chi connectivity index (χ0n) is 9.51. The van der Waals surface area contributed by atoms with Crippen molar-refractivity contribution < 1.29 is 4.79 Å². The number of Topliss-reactive ketones (excluding diaryl/α,β-unsaturated/α-hetero) is 1. The maximum absolute atomic E-state index is 11.4. The highest BCUT2D eigenvalue weighted by Gasteiger charge is 2.11. The summed E-state index contributed by atoms with van der Waals surface area (Å²) in [5, 5.41) is 1.41. The lowest BCUT2D eigenvalue weighted by Crippen LogP contribution is -1.92. The quantitative estimate of drug-likeness (QED) is 0.668. The number of hydrogen-bond donors (Lipinski definition) is 0. The van der Waals surface area contributed by atoms with Gasteiger partial charge in [0.15, 0.2) is 5.78 Å². The van der Waals surface area contributed by atoms with Gasteiger partial charge in [0.2, 0.25) is 0 Å². The molecule has 0 saturated heterocycles. The molecule has 4 heteroatoms. The van der Waals surface area contributed by atoms with Crippen LogP contribution < -0.4 is 0 Å². The predicted octanol–water partition coefficient (Wildman–Crippen LogP) is 5.52. The number of rotatable bonds is 2. The SMILES string of the molecule is CC(=O)c1cccc(-c2c(Cl)cc(Cl)cc2Cl)c1. The van der Waals surface area contributed by atoms with Crippen LogP contribution in [0, 0.1) is 0 Å². The minimum atomic E-state index is -0.00180. The van der Waals surface area contributed by atoms with E-state index in [1.165, 1.54) is 6.92 Å². The molecule has 18 heavy (non-hydrogen) atoms. The minimum Gasteiger partial charge on any atom is -0.295 e. The van der Waals surface area contributed by atoms with Gasteiger partial charge in [-0.05, 0) is 30.7 Å². The average Bonchev–Trinajstić information content (AvgIpc) is 2.28. The number of ketones is 1. The summed E-state index contributed by atoms with van der Waals surface area (Å²) in [5.74, 6) is -0.00180. The zero-order chi connectivity index (χ0) is 13.3. The third-order valence-electron chi connectivity index (χ3n) is 2.56. The van der Waals surface area contributed by atoms with Crippen molar-refractivity contribution in [2.45, 2.75) is 6.92 Å². The Hall–Kier alpha value is -1.02. The standard InChI is InChI=1S/C14H9Cl3O/c1-8(18)9-3-2-4-10(5-9)14-12(16)6-11(15)7-13(14)17/h2-7H,1H3. The Morgan fingerprint density at radius 1 is 1.00 bits per heavy atom.